The van der Waals surface area contributed by atoms with E-state index in [1.807, 2.05) is 19.1 Å². The molecule has 0 bridgehead atoms. The summed E-state index contributed by atoms with van der Waals surface area (Å²) < 4.78 is 4.80. The van der Waals surface area contributed by atoms with Crippen LogP contribution < -0.4 is 5.32 Å². The van der Waals surface area contributed by atoms with Crippen molar-refractivity contribution in [3.05, 3.63) is 29.3 Å². The molecular formula is C15H22N2O2. The van der Waals surface area contributed by atoms with Crippen LogP contribution in [0.25, 0.3) is 0 Å². The van der Waals surface area contributed by atoms with Crippen LogP contribution >= 0.6 is 0 Å². The van der Waals surface area contributed by atoms with E-state index in [1.54, 1.807) is 6.07 Å². The molecule has 1 aromatic rings. The summed E-state index contributed by atoms with van der Waals surface area (Å²) in [5.41, 5.74) is 2.61. The van der Waals surface area contributed by atoms with Crippen molar-refractivity contribution in [2.24, 2.45) is 0 Å². The number of anilines is 1. The number of hydrogen-bond donors (Lipinski definition) is 1. The molecular weight excluding hydrogens is 240 g/mol. The maximum Gasteiger partial charge on any atom is 0.338 e. The van der Waals surface area contributed by atoms with Crippen molar-refractivity contribution < 1.29 is 9.53 Å². The lowest BCUT2D eigenvalue weighted by molar-refractivity contribution is 0.0600. The first-order valence-corrected chi connectivity index (χ1v) is 6.67. The van der Waals surface area contributed by atoms with Crippen LogP contribution in [-0.4, -0.2) is 43.7 Å². The summed E-state index contributed by atoms with van der Waals surface area (Å²) in [6, 6.07) is 6.75. The SMILES string of the molecule is COC(=O)c1cccc(NC2CC(C)N(C)C2)c1C. The van der Waals surface area contributed by atoms with Crippen molar-refractivity contribution in [2.45, 2.75) is 32.4 Å². The number of nitrogens with zero attached hydrogens (tertiary/aromatic N) is 1. The Kier molecular flexibility index (Phi) is 4.10. The molecule has 0 aliphatic carbocycles. The lowest BCUT2D eigenvalue weighted by Crippen LogP contribution is -2.25. The lowest BCUT2D eigenvalue weighted by Gasteiger charge is -2.17. The Bertz CT molecular complexity index is 463. The third-order valence-electron chi connectivity index (χ3n) is 3.99. The maximum absolute atomic E-state index is 11.7. The summed E-state index contributed by atoms with van der Waals surface area (Å²) in [6.07, 6.45) is 1.12. The molecule has 1 aromatic carbocycles. The number of esters is 1. The van der Waals surface area contributed by atoms with Gasteiger partial charge >= 0.3 is 5.97 Å². The van der Waals surface area contributed by atoms with Crippen LogP contribution in [-0.2, 0) is 4.74 Å². The molecule has 2 unspecified atom stereocenters. The third kappa shape index (κ3) is 2.89. The predicted octanol–water partition coefficient (Wildman–Crippen LogP) is 2.29. The first kappa shape index (κ1) is 13.9. The molecule has 1 saturated heterocycles. The summed E-state index contributed by atoms with van der Waals surface area (Å²) in [6.45, 7) is 5.22. The highest BCUT2D eigenvalue weighted by atomic mass is 16.5. The zero-order valence-electron chi connectivity index (χ0n) is 12.1. The average Bonchev–Trinajstić information content (AvgIpc) is 2.70. The van der Waals surface area contributed by atoms with Crippen LogP contribution in [0.4, 0.5) is 5.69 Å². The van der Waals surface area contributed by atoms with Gasteiger partial charge in [0.2, 0.25) is 0 Å². The molecule has 1 fully saturated rings. The molecule has 1 aliphatic heterocycles. The summed E-state index contributed by atoms with van der Waals surface area (Å²) in [5.74, 6) is -0.280. The predicted molar refractivity (Wildman–Crippen MR) is 76.6 cm³/mol. The zero-order chi connectivity index (χ0) is 14.0. The zero-order valence-corrected chi connectivity index (χ0v) is 12.1. The molecule has 0 spiro atoms. The van der Waals surface area contributed by atoms with E-state index in [0.717, 1.165) is 24.2 Å². The van der Waals surface area contributed by atoms with Crippen LogP contribution in [0.5, 0.6) is 0 Å². The van der Waals surface area contributed by atoms with Crippen molar-refractivity contribution >= 4 is 11.7 Å². The van der Waals surface area contributed by atoms with Gasteiger partial charge in [-0.05, 0) is 45.0 Å². The number of ether oxygens (including phenoxy) is 1. The van der Waals surface area contributed by atoms with Gasteiger partial charge in [0.25, 0.3) is 0 Å². The van der Waals surface area contributed by atoms with Crippen molar-refractivity contribution in [2.75, 3.05) is 26.0 Å². The van der Waals surface area contributed by atoms with E-state index in [2.05, 4.69) is 24.2 Å². The molecule has 4 heteroatoms. The largest absolute Gasteiger partial charge is 0.465 e. The van der Waals surface area contributed by atoms with E-state index < -0.39 is 0 Å². The average molecular weight is 262 g/mol. The molecule has 0 amide bonds. The molecule has 0 saturated carbocycles. The van der Waals surface area contributed by atoms with Crippen LogP contribution in [0.3, 0.4) is 0 Å². The van der Waals surface area contributed by atoms with E-state index in [4.69, 9.17) is 4.74 Å². The Morgan fingerprint density at radius 1 is 1.47 bits per heavy atom. The Hall–Kier alpha value is -1.55. The molecule has 1 N–H and O–H groups in total. The normalized spacial score (nSPS) is 23.4. The highest BCUT2D eigenvalue weighted by Gasteiger charge is 2.26. The van der Waals surface area contributed by atoms with Gasteiger partial charge in [-0.3, -0.25) is 0 Å². The van der Waals surface area contributed by atoms with Crippen molar-refractivity contribution in [1.82, 2.24) is 4.90 Å². The number of benzene rings is 1. The molecule has 1 aliphatic rings. The minimum Gasteiger partial charge on any atom is -0.465 e. The summed E-state index contributed by atoms with van der Waals surface area (Å²) in [4.78, 5) is 14.0. The van der Waals surface area contributed by atoms with Gasteiger partial charge in [-0.25, -0.2) is 4.79 Å². The second-order valence-electron chi connectivity index (χ2n) is 5.34. The van der Waals surface area contributed by atoms with Gasteiger partial charge in [-0.15, -0.1) is 0 Å². The first-order chi connectivity index (χ1) is 9.02. The van der Waals surface area contributed by atoms with Gasteiger partial charge in [-0.2, -0.15) is 0 Å². The topological polar surface area (TPSA) is 41.6 Å². The number of likely N-dealkylation sites (tertiary alicyclic amines) is 1. The number of nitrogens with one attached hydrogen (secondary N) is 1. The highest BCUT2D eigenvalue weighted by molar-refractivity contribution is 5.92. The smallest absolute Gasteiger partial charge is 0.338 e. The molecule has 2 rings (SSSR count). The van der Waals surface area contributed by atoms with Crippen LogP contribution in [0, 0.1) is 6.92 Å². The maximum atomic E-state index is 11.7. The van der Waals surface area contributed by atoms with E-state index >= 15 is 0 Å². The van der Waals surface area contributed by atoms with E-state index in [9.17, 15) is 4.79 Å². The van der Waals surface area contributed by atoms with Crippen LogP contribution in [0.2, 0.25) is 0 Å². The van der Waals surface area contributed by atoms with Gasteiger partial charge in [0, 0.05) is 24.3 Å². The van der Waals surface area contributed by atoms with Gasteiger partial charge in [0.15, 0.2) is 0 Å². The standard InChI is InChI=1S/C15H22N2O2/c1-10-8-12(9-17(10)3)16-14-7-5-6-13(11(14)2)15(18)19-4/h5-7,10,12,16H,8-9H2,1-4H3. The van der Waals surface area contributed by atoms with Crippen molar-refractivity contribution in [3.8, 4) is 0 Å². The van der Waals surface area contributed by atoms with Gasteiger partial charge in [0.05, 0.1) is 12.7 Å². The summed E-state index contributed by atoms with van der Waals surface area (Å²) >= 11 is 0. The second-order valence-corrected chi connectivity index (χ2v) is 5.34. The molecule has 4 nitrogen and oxygen atoms in total. The summed E-state index contributed by atoms with van der Waals surface area (Å²) in [7, 11) is 3.56. The molecule has 0 aromatic heterocycles. The van der Waals surface area contributed by atoms with Gasteiger partial charge in [-0.1, -0.05) is 6.07 Å². The Morgan fingerprint density at radius 3 is 2.79 bits per heavy atom. The number of carbonyl (C=O) groups is 1. The van der Waals surface area contributed by atoms with Crippen molar-refractivity contribution in [1.29, 1.82) is 0 Å². The quantitative estimate of drug-likeness (QED) is 0.849. The number of likely N-dealkylation sites (N-methyl/N-ethyl adjacent to an activating group) is 1. The summed E-state index contributed by atoms with van der Waals surface area (Å²) in [5, 5.41) is 3.54. The number of hydrogen-bond acceptors (Lipinski definition) is 4. The van der Waals surface area contributed by atoms with Crippen LogP contribution in [0.15, 0.2) is 18.2 Å². The molecule has 0 radical (unpaired) electrons. The Labute approximate surface area is 114 Å². The monoisotopic (exact) mass is 262 g/mol. The van der Waals surface area contributed by atoms with Crippen LogP contribution in [0.1, 0.15) is 29.3 Å². The fourth-order valence-corrected chi connectivity index (χ4v) is 2.64. The second kappa shape index (κ2) is 5.61. The minimum atomic E-state index is -0.280. The fraction of sp³-hybridized carbons (Fsp3) is 0.533. The fourth-order valence-electron chi connectivity index (χ4n) is 2.64. The van der Waals surface area contributed by atoms with Gasteiger partial charge in [0.1, 0.15) is 0 Å². The molecule has 19 heavy (non-hydrogen) atoms. The Balaban J connectivity index is 2.15. The first-order valence-electron chi connectivity index (χ1n) is 6.67. The number of methoxy groups -OCH3 is 1. The number of carbonyl (C=O) groups excluding carboxylic acids is 1. The van der Waals surface area contributed by atoms with E-state index in [-0.39, 0.29) is 5.97 Å². The van der Waals surface area contributed by atoms with E-state index in [1.165, 1.54) is 7.11 Å². The Morgan fingerprint density at radius 2 is 2.21 bits per heavy atom. The number of rotatable bonds is 3. The molecule has 2 atom stereocenters. The lowest BCUT2D eigenvalue weighted by atomic mass is 10.1. The molecule has 104 valence electrons. The molecule has 1 heterocycles. The van der Waals surface area contributed by atoms with Gasteiger partial charge < -0.3 is 15.0 Å². The minimum absolute atomic E-state index is 0.280. The highest BCUT2D eigenvalue weighted by Crippen LogP contribution is 2.24. The third-order valence-corrected chi connectivity index (χ3v) is 3.99. The van der Waals surface area contributed by atoms with E-state index in [0.29, 0.717) is 17.6 Å². The van der Waals surface area contributed by atoms with Crippen molar-refractivity contribution in [3.63, 3.8) is 0 Å².